The zero-order valence-electron chi connectivity index (χ0n) is 17.6. The van der Waals surface area contributed by atoms with Crippen LogP contribution in [0.5, 0.6) is 11.5 Å². The van der Waals surface area contributed by atoms with Crippen molar-refractivity contribution in [1.82, 2.24) is 10.3 Å². The Morgan fingerprint density at radius 3 is 2.40 bits per heavy atom. The molecule has 0 aliphatic carbocycles. The molecule has 3 aromatic rings. The monoisotopic (exact) mass is 426 g/mol. The second-order valence-electron chi connectivity index (χ2n) is 7.15. The fourth-order valence-electron chi connectivity index (χ4n) is 2.77. The first-order valence-electron chi connectivity index (χ1n) is 9.68. The fraction of sp³-hybridized carbons (Fsp3) is 0.304. The van der Waals surface area contributed by atoms with E-state index in [1.807, 2.05) is 61.7 Å². The van der Waals surface area contributed by atoms with Crippen molar-refractivity contribution in [2.45, 2.75) is 20.4 Å². The molecule has 3 rings (SSSR count). The first-order valence-corrected chi connectivity index (χ1v) is 10.6. The summed E-state index contributed by atoms with van der Waals surface area (Å²) in [4.78, 5) is 16.4. The van der Waals surface area contributed by atoms with Crippen molar-refractivity contribution < 1.29 is 19.0 Å². The Balaban J connectivity index is 1.65. The number of aromatic nitrogens is 1. The van der Waals surface area contributed by atoms with Crippen molar-refractivity contribution in [2.75, 3.05) is 20.8 Å². The van der Waals surface area contributed by atoms with Gasteiger partial charge in [-0.25, -0.2) is 9.78 Å². The van der Waals surface area contributed by atoms with Gasteiger partial charge in [0.15, 0.2) is 11.5 Å². The van der Waals surface area contributed by atoms with E-state index in [9.17, 15) is 4.79 Å². The summed E-state index contributed by atoms with van der Waals surface area (Å²) in [6.07, 6.45) is -0.396. The van der Waals surface area contributed by atoms with Gasteiger partial charge >= 0.3 is 6.09 Å². The van der Waals surface area contributed by atoms with Crippen LogP contribution in [0, 0.1) is 5.92 Å². The summed E-state index contributed by atoms with van der Waals surface area (Å²) < 4.78 is 15.8. The van der Waals surface area contributed by atoms with Gasteiger partial charge in [-0.15, -0.1) is 11.3 Å². The SMILES string of the molecule is COc1ccc(-c2csc(-c3ccc(CNC(=O)OCC(C)C)cc3)n2)cc1OC. The molecule has 0 fully saturated rings. The van der Waals surface area contributed by atoms with E-state index in [2.05, 4.69) is 5.32 Å². The Bertz CT molecular complexity index is 983. The minimum atomic E-state index is -0.396. The van der Waals surface area contributed by atoms with Crippen molar-refractivity contribution in [1.29, 1.82) is 0 Å². The highest BCUT2D eigenvalue weighted by atomic mass is 32.1. The average molecular weight is 427 g/mol. The molecule has 1 N–H and O–H groups in total. The summed E-state index contributed by atoms with van der Waals surface area (Å²) in [6, 6.07) is 13.7. The third-order valence-electron chi connectivity index (χ3n) is 4.37. The van der Waals surface area contributed by atoms with E-state index in [4.69, 9.17) is 19.2 Å². The van der Waals surface area contributed by atoms with Crippen molar-refractivity contribution in [2.24, 2.45) is 5.92 Å². The van der Waals surface area contributed by atoms with Crippen LogP contribution in [-0.4, -0.2) is 31.9 Å². The Morgan fingerprint density at radius 2 is 1.73 bits per heavy atom. The van der Waals surface area contributed by atoms with Crippen molar-refractivity contribution in [3.05, 3.63) is 53.4 Å². The summed E-state index contributed by atoms with van der Waals surface area (Å²) >= 11 is 1.58. The van der Waals surface area contributed by atoms with Crippen LogP contribution in [0.4, 0.5) is 4.79 Å². The van der Waals surface area contributed by atoms with Crippen molar-refractivity contribution in [3.8, 4) is 33.3 Å². The number of methoxy groups -OCH3 is 2. The molecule has 0 spiro atoms. The Kier molecular flexibility index (Phi) is 7.30. The van der Waals surface area contributed by atoms with Crippen LogP contribution in [0.1, 0.15) is 19.4 Å². The number of alkyl carbamates (subject to hydrolysis) is 1. The normalized spacial score (nSPS) is 10.7. The van der Waals surface area contributed by atoms with Gasteiger partial charge in [0.25, 0.3) is 0 Å². The topological polar surface area (TPSA) is 69.7 Å². The molecule has 0 atom stereocenters. The molecule has 1 amide bonds. The molecule has 0 saturated carbocycles. The second-order valence-corrected chi connectivity index (χ2v) is 8.01. The zero-order valence-corrected chi connectivity index (χ0v) is 18.4. The van der Waals surface area contributed by atoms with Gasteiger partial charge in [-0.2, -0.15) is 0 Å². The standard InChI is InChI=1S/C23H26N2O4S/c1-15(2)13-29-23(26)24-12-16-5-7-17(8-6-16)22-25-19(14-30-22)18-9-10-20(27-3)21(11-18)28-4/h5-11,14-15H,12-13H2,1-4H3,(H,24,26). The van der Waals surface area contributed by atoms with E-state index in [-0.39, 0.29) is 0 Å². The van der Waals surface area contributed by atoms with Crippen LogP contribution in [0.15, 0.2) is 47.8 Å². The van der Waals surface area contributed by atoms with E-state index < -0.39 is 6.09 Å². The number of benzene rings is 2. The van der Waals surface area contributed by atoms with E-state index in [0.717, 1.165) is 27.4 Å². The minimum Gasteiger partial charge on any atom is -0.493 e. The summed E-state index contributed by atoms with van der Waals surface area (Å²) in [5, 5.41) is 5.71. The lowest BCUT2D eigenvalue weighted by Gasteiger charge is -2.09. The molecule has 30 heavy (non-hydrogen) atoms. The molecule has 0 bridgehead atoms. The number of amides is 1. The summed E-state index contributed by atoms with van der Waals surface area (Å²) in [5.41, 5.74) is 3.88. The molecule has 2 aromatic carbocycles. The number of thiazole rings is 1. The van der Waals surface area contributed by atoms with Crippen LogP contribution in [-0.2, 0) is 11.3 Å². The van der Waals surface area contributed by atoms with E-state index in [1.54, 1.807) is 25.6 Å². The molecule has 158 valence electrons. The number of nitrogens with zero attached hydrogens (tertiary/aromatic N) is 1. The lowest BCUT2D eigenvalue weighted by Crippen LogP contribution is -2.25. The first kappa shape index (κ1) is 21.6. The molecule has 0 radical (unpaired) electrons. The number of ether oxygens (including phenoxy) is 3. The number of hydrogen-bond donors (Lipinski definition) is 1. The van der Waals surface area contributed by atoms with Crippen LogP contribution in [0.2, 0.25) is 0 Å². The van der Waals surface area contributed by atoms with Gasteiger partial charge in [0, 0.05) is 23.1 Å². The highest BCUT2D eigenvalue weighted by Gasteiger charge is 2.11. The third-order valence-corrected chi connectivity index (χ3v) is 5.26. The largest absolute Gasteiger partial charge is 0.493 e. The summed E-state index contributed by atoms with van der Waals surface area (Å²) in [6.45, 7) is 4.84. The average Bonchev–Trinajstić information content (AvgIpc) is 3.26. The van der Waals surface area contributed by atoms with Crippen molar-refractivity contribution >= 4 is 17.4 Å². The molecule has 0 saturated heterocycles. The highest BCUT2D eigenvalue weighted by Crippen LogP contribution is 2.34. The van der Waals surface area contributed by atoms with E-state index in [1.165, 1.54) is 0 Å². The number of hydrogen-bond acceptors (Lipinski definition) is 6. The molecule has 1 aromatic heterocycles. The molecule has 0 aliphatic rings. The summed E-state index contributed by atoms with van der Waals surface area (Å²) in [7, 11) is 3.24. The first-order chi connectivity index (χ1) is 14.5. The van der Waals surface area contributed by atoms with Gasteiger partial charge in [-0.05, 0) is 29.7 Å². The van der Waals surface area contributed by atoms with Crippen molar-refractivity contribution in [3.63, 3.8) is 0 Å². The summed E-state index contributed by atoms with van der Waals surface area (Å²) in [5.74, 6) is 1.68. The number of carbonyl (C=O) groups is 1. The number of nitrogens with one attached hydrogen (secondary N) is 1. The quantitative estimate of drug-likeness (QED) is 0.524. The molecule has 6 nitrogen and oxygen atoms in total. The fourth-order valence-corrected chi connectivity index (χ4v) is 3.60. The third kappa shape index (κ3) is 5.51. The van der Waals surface area contributed by atoms with Crippen LogP contribution < -0.4 is 14.8 Å². The van der Waals surface area contributed by atoms with Gasteiger partial charge in [-0.1, -0.05) is 38.1 Å². The van der Waals surface area contributed by atoms with Gasteiger partial charge in [0.2, 0.25) is 0 Å². The number of carbonyl (C=O) groups excluding carboxylic acids is 1. The molecular formula is C23H26N2O4S. The Labute approximate surface area is 180 Å². The maximum atomic E-state index is 11.7. The maximum Gasteiger partial charge on any atom is 0.407 e. The molecule has 1 heterocycles. The van der Waals surface area contributed by atoms with E-state index >= 15 is 0 Å². The van der Waals surface area contributed by atoms with Crippen LogP contribution in [0.25, 0.3) is 21.8 Å². The zero-order chi connectivity index (χ0) is 21.5. The van der Waals surface area contributed by atoms with Crippen LogP contribution >= 0.6 is 11.3 Å². The van der Waals surface area contributed by atoms with Crippen LogP contribution in [0.3, 0.4) is 0 Å². The lowest BCUT2D eigenvalue weighted by atomic mass is 10.1. The predicted molar refractivity (Wildman–Crippen MR) is 119 cm³/mol. The number of rotatable bonds is 8. The van der Waals surface area contributed by atoms with Gasteiger partial charge in [-0.3, -0.25) is 0 Å². The molecule has 0 unspecified atom stereocenters. The Hall–Kier alpha value is -3.06. The van der Waals surface area contributed by atoms with Gasteiger partial charge < -0.3 is 19.5 Å². The van der Waals surface area contributed by atoms with Gasteiger partial charge in [0.1, 0.15) is 5.01 Å². The molecular weight excluding hydrogens is 400 g/mol. The smallest absolute Gasteiger partial charge is 0.407 e. The van der Waals surface area contributed by atoms with E-state index in [0.29, 0.717) is 30.6 Å². The molecule has 7 heteroatoms. The highest BCUT2D eigenvalue weighted by molar-refractivity contribution is 7.13. The molecule has 0 aliphatic heterocycles. The second kappa shape index (κ2) is 10.1. The van der Waals surface area contributed by atoms with Gasteiger partial charge in [0.05, 0.1) is 26.5 Å². The lowest BCUT2D eigenvalue weighted by molar-refractivity contribution is 0.132. The maximum absolute atomic E-state index is 11.7. The minimum absolute atomic E-state index is 0.317. The predicted octanol–water partition coefficient (Wildman–Crippen LogP) is 5.38. The Morgan fingerprint density at radius 1 is 1.03 bits per heavy atom.